The predicted octanol–water partition coefficient (Wildman–Crippen LogP) is 4.56. The van der Waals surface area contributed by atoms with Crippen LogP contribution in [0, 0.1) is 12.3 Å². The summed E-state index contributed by atoms with van der Waals surface area (Å²) < 4.78 is 5.30. The molecule has 0 aromatic heterocycles. The number of hydrogen-bond acceptors (Lipinski definition) is 4. The Labute approximate surface area is 205 Å². The molecule has 2 N–H and O–H groups in total. The number of terminal acetylenes is 1. The summed E-state index contributed by atoms with van der Waals surface area (Å²) in [5.74, 6) is 1.95. The van der Waals surface area contributed by atoms with Crippen molar-refractivity contribution < 1.29 is 19.1 Å². The maximum atomic E-state index is 13.5. The Morgan fingerprint density at radius 1 is 1.06 bits per heavy atom. The number of nitrogens with one attached hydrogen (secondary N) is 2. The third-order valence-electron chi connectivity index (χ3n) is 5.20. The van der Waals surface area contributed by atoms with E-state index < -0.39 is 23.8 Å². The van der Waals surface area contributed by atoms with Gasteiger partial charge in [-0.25, -0.2) is 4.79 Å². The van der Waals surface area contributed by atoms with E-state index in [1.165, 1.54) is 0 Å². The normalized spacial score (nSPS) is 13.7. The molecule has 0 aliphatic rings. The van der Waals surface area contributed by atoms with Gasteiger partial charge in [-0.1, -0.05) is 44.7 Å². The second kappa shape index (κ2) is 13.6. The molecule has 0 saturated carbocycles. The maximum absolute atomic E-state index is 13.5. The first-order valence-corrected chi connectivity index (χ1v) is 12.1. The van der Waals surface area contributed by atoms with Crippen LogP contribution in [-0.2, 0) is 14.3 Å². The zero-order valence-electron chi connectivity index (χ0n) is 21.7. The number of alkyl carbamates (subject to hydrolysis) is 1. The van der Waals surface area contributed by atoms with E-state index in [9.17, 15) is 14.4 Å². The number of nitrogens with zero attached hydrogens (tertiary/aromatic N) is 1. The summed E-state index contributed by atoms with van der Waals surface area (Å²) in [5, 5.41) is 5.65. The first kappa shape index (κ1) is 29.0. The van der Waals surface area contributed by atoms with E-state index in [4.69, 9.17) is 11.2 Å². The quantitative estimate of drug-likeness (QED) is 0.463. The average molecular weight is 472 g/mol. The van der Waals surface area contributed by atoms with Crippen molar-refractivity contribution in [2.75, 3.05) is 6.54 Å². The lowest BCUT2D eigenvalue weighted by atomic mass is 10.0. The van der Waals surface area contributed by atoms with Gasteiger partial charge in [0.2, 0.25) is 11.8 Å². The SMILES string of the molecule is C#Cc1ccc(C(C(=O)NC(C)CCC)N(CCCC)C(=O)C(C)NC(=O)OC(C)(C)C)cc1. The van der Waals surface area contributed by atoms with Gasteiger partial charge in [-0.15, -0.1) is 6.42 Å². The number of amides is 3. The van der Waals surface area contributed by atoms with Crippen LogP contribution in [0.2, 0.25) is 0 Å². The monoisotopic (exact) mass is 471 g/mol. The number of carbonyl (C=O) groups is 3. The molecule has 188 valence electrons. The van der Waals surface area contributed by atoms with Crippen LogP contribution in [0.25, 0.3) is 0 Å². The van der Waals surface area contributed by atoms with Crippen LogP contribution in [0.5, 0.6) is 0 Å². The summed E-state index contributed by atoms with van der Waals surface area (Å²) in [6.07, 6.45) is 8.12. The second-order valence-electron chi connectivity index (χ2n) is 9.62. The molecule has 0 heterocycles. The van der Waals surface area contributed by atoms with Gasteiger partial charge in [0.15, 0.2) is 0 Å². The minimum atomic E-state index is -0.875. The Bertz CT molecular complexity index is 852. The Balaban J connectivity index is 3.31. The molecule has 0 radical (unpaired) electrons. The third kappa shape index (κ3) is 9.46. The van der Waals surface area contributed by atoms with Gasteiger partial charge in [0, 0.05) is 18.2 Å². The largest absolute Gasteiger partial charge is 0.444 e. The van der Waals surface area contributed by atoms with Crippen LogP contribution in [0.1, 0.15) is 91.3 Å². The molecule has 3 unspecified atom stereocenters. The van der Waals surface area contributed by atoms with Gasteiger partial charge in [-0.05, 0) is 65.2 Å². The maximum Gasteiger partial charge on any atom is 0.408 e. The van der Waals surface area contributed by atoms with E-state index in [-0.39, 0.29) is 17.9 Å². The first-order chi connectivity index (χ1) is 15.9. The van der Waals surface area contributed by atoms with Crippen molar-refractivity contribution >= 4 is 17.9 Å². The summed E-state index contributed by atoms with van der Waals surface area (Å²) in [6.45, 7) is 13.3. The van der Waals surface area contributed by atoms with Crippen LogP contribution >= 0.6 is 0 Å². The number of carbonyl (C=O) groups excluding carboxylic acids is 3. The summed E-state index contributed by atoms with van der Waals surface area (Å²) in [6, 6.07) is 5.31. The Morgan fingerprint density at radius 2 is 1.68 bits per heavy atom. The topological polar surface area (TPSA) is 87.7 Å². The summed E-state index contributed by atoms with van der Waals surface area (Å²) >= 11 is 0. The van der Waals surface area contributed by atoms with Crippen molar-refractivity contribution in [3.63, 3.8) is 0 Å². The van der Waals surface area contributed by atoms with E-state index in [1.54, 1.807) is 56.9 Å². The molecular formula is C27H41N3O4. The molecule has 1 aromatic rings. The fourth-order valence-electron chi connectivity index (χ4n) is 3.55. The number of hydrogen-bond donors (Lipinski definition) is 2. The summed E-state index contributed by atoms with van der Waals surface area (Å²) in [4.78, 5) is 40.8. The smallest absolute Gasteiger partial charge is 0.408 e. The van der Waals surface area contributed by atoms with Crippen LogP contribution in [0.4, 0.5) is 4.79 Å². The van der Waals surface area contributed by atoms with Gasteiger partial charge < -0.3 is 20.3 Å². The molecule has 7 heteroatoms. The van der Waals surface area contributed by atoms with Gasteiger partial charge in [0.1, 0.15) is 17.7 Å². The highest BCUT2D eigenvalue weighted by atomic mass is 16.6. The molecule has 0 bridgehead atoms. The third-order valence-corrected chi connectivity index (χ3v) is 5.20. The molecule has 1 rings (SSSR count). The van der Waals surface area contributed by atoms with Crippen molar-refractivity contribution in [3.8, 4) is 12.3 Å². The Hall–Kier alpha value is -3.01. The highest BCUT2D eigenvalue weighted by Gasteiger charge is 2.34. The van der Waals surface area contributed by atoms with Gasteiger partial charge in [0.25, 0.3) is 0 Å². The minimum Gasteiger partial charge on any atom is -0.444 e. The van der Waals surface area contributed by atoms with Gasteiger partial charge in [-0.3, -0.25) is 9.59 Å². The number of rotatable bonds is 11. The number of unbranched alkanes of at least 4 members (excludes halogenated alkanes) is 1. The van der Waals surface area contributed by atoms with E-state index in [2.05, 4.69) is 23.5 Å². The average Bonchev–Trinajstić information content (AvgIpc) is 2.74. The Kier molecular flexibility index (Phi) is 11.6. The molecule has 0 fully saturated rings. The first-order valence-electron chi connectivity index (χ1n) is 12.1. The number of benzene rings is 1. The molecule has 0 saturated heterocycles. The van der Waals surface area contributed by atoms with Crippen LogP contribution < -0.4 is 10.6 Å². The molecule has 7 nitrogen and oxygen atoms in total. The fourth-order valence-corrected chi connectivity index (χ4v) is 3.55. The zero-order valence-corrected chi connectivity index (χ0v) is 21.7. The Morgan fingerprint density at radius 3 is 2.18 bits per heavy atom. The van der Waals surface area contributed by atoms with Crippen molar-refractivity contribution in [1.82, 2.24) is 15.5 Å². The van der Waals surface area contributed by atoms with Crippen molar-refractivity contribution in [2.24, 2.45) is 0 Å². The second-order valence-corrected chi connectivity index (χ2v) is 9.62. The predicted molar refractivity (Wildman–Crippen MR) is 135 cm³/mol. The van der Waals surface area contributed by atoms with Crippen LogP contribution in [0.3, 0.4) is 0 Å². The van der Waals surface area contributed by atoms with Gasteiger partial charge in [-0.2, -0.15) is 0 Å². The molecular weight excluding hydrogens is 430 g/mol. The lowest BCUT2D eigenvalue weighted by Crippen LogP contribution is -2.52. The van der Waals surface area contributed by atoms with E-state index in [1.807, 2.05) is 13.8 Å². The standard InChI is InChI=1S/C27H41N3O4/c1-9-12-18-30(25(32)20(5)29-26(33)34-27(6,7)8)23(24(31)28-19(4)13-10-2)22-16-14-21(11-3)15-17-22/h3,14-17,19-20,23H,9-10,12-13,18H2,1-2,4-8H3,(H,28,31)(H,29,33). The molecule has 3 atom stereocenters. The van der Waals surface area contributed by atoms with E-state index in [0.29, 0.717) is 24.1 Å². The van der Waals surface area contributed by atoms with Crippen molar-refractivity contribution in [3.05, 3.63) is 35.4 Å². The molecule has 0 spiro atoms. The van der Waals surface area contributed by atoms with E-state index in [0.717, 1.165) is 19.3 Å². The number of ether oxygens (including phenoxy) is 1. The lowest BCUT2D eigenvalue weighted by molar-refractivity contribution is -0.142. The highest BCUT2D eigenvalue weighted by Crippen LogP contribution is 2.24. The van der Waals surface area contributed by atoms with Crippen molar-refractivity contribution in [2.45, 2.75) is 97.9 Å². The minimum absolute atomic E-state index is 0.0366. The molecule has 0 aliphatic carbocycles. The molecule has 0 aliphatic heterocycles. The zero-order chi connectivity index (χ0) is 25.9. The van der Waals surface area contributed by atoms with Crippen molar-refractivity contribution in [1.29, 1.82) is 0 Å². The van der Waals surface area contributed by atoms with E-state index >= 15 is 0 Å². The fraction of sp³-hybridized carbons (Fsp3) is 0.593. The van der Waals surface area contributed by atoms with Crippen LogP contribution in [0.15, 0.2) is 24.3 Å². The van der Waals surface area contributed by atoms with Gasteiger partial charge >= 0.3 is 6.09 Å². The molecule has 3 amide bonds. The van der Waals surface area contributed by atoms with Gasteiger partial charge in [0.05, 0.1) is 0 Å². The lowest BCUT2D eigenvalue weighted by Gasteiger charge is -2.34. The molecule has 34 heavy (non-hydrogen) atoms. The summed E-state index contributed by atoms with van der Waals surface area (Å²) in [7, 11) is 0. The van der Waals surface area contributed by atoms with Crippen LogP contribution in [-0.4, -0.2) is 47.0 Å². The highest BCUT2D eigenvalue weighted by molar-refractivity contribution is 5.92. The molecule has 1 aromatic carbocycles. The summed E-state index contributed by atoms with van der Waals surface area (Å²) in [5.41, 5.74) is 0.661.